The van der Waals surface area contributed by atoms with Crippen LogP contribution in [-0.4, -0.2) is 27.7 Å². The summed E-state index contributed by atoms with van der Waals surface area (Å²) in [6.45, 7) is 3.55. The molecule has 0 aromatic carbocycles. The van der Waals surface area contributed by atoms with Gasteiger partial charge in [0.2, 0.25) is 0 Å². The van der Waals surface area contributed by atoms with E-state index in [1.165, 1.54) is 0 Å². The second kappa shape index (κ2) is 5.88. The highest BCUT2D eigenvalue weighted by atomic mass is 32.2. The van der Waals surface area contributed by atoms with Crippen molar-refractivity contribution in [3.8, 4) is 0 Å². The molecule has 0 radical (unpaired) electrons. The Balaban J connectivity index is 2.25. The van der Waals surface area contributed by atoms with E-state index in [2.05, 4.69) is 16.4 Å². The zero-order valence-corrected chi connectivity index (χ0v) is 9.43. The standard InChI is InChI=1S/C10H16N2OS/c1-9-3-4-10(8-12-9)7-11-5-6-14(2)13/h3-4,8,11H,5-7H2,1-2H3. The fourth-order valence-electron chi connectivity index (χ4n) is 1.05. The van der Waals surface area contributed by atoms with E-state index >= 15 is 0 Å². The molecule has 1 N–H and O–H groups in total. The molecule has 1 rings (SSSR count). The molecular weight excluding hydrogens is 196 g/mol. The SMILES string of the molecule is Cc1ccc(CNCCS(C)=O)cn1. The van der Waals surface area contributed by atoms with Gasteiger partial charge in [-0.2, -0.15) is 0 Å². The summed E-state index contributed by atoms with van der Waals surface area (Å²) in [5.74, 6) is 0.708. The smallest absolute Gasteiger partial charge is 0.0372 e. The van der Waals surface area contributed by atoms with Crippen LogP contribution in [0.25, 0.3) is 0 Å². The van der Waals surface area contributed by atoms with E-state index < -0.39 is 10.8 Å². The lowest BCUT2D eigenvalue weighted by Gasteiger charge is -2.03. The predicted molar refractivity (Wildman–Crippen MR) is 59.6 cm³/mol. The zero-order valence-electron chi connectivity index (χ0n) is 8.62. The molecule has 1 unspecified atom stereocenters. The third-order valence-electron chi connectivity index (χ3n) is 1.87. The molecule has 0 aliphatic rings. The minimum atomic E-state index is -0.705. The summed E-state index contributed by atoms with van der Waals surface area (Å²) in [6, 6.07) is 4.05. The molecule has 0 saturated heterocycles. The maximum Gasteiger partial charge on any atom is 0.0372 e. The van der Waals surface area contributed by atoms with Gasteiger partial charge in [-0.3, -0.25) is 9.19 Å². The topological polar surface area (TPSA) is 42.0 Å². The molecule has 0 aliphatic heterocycles. The van der Waals surface area contributed by atoms with Crippen molar-refractivity contribution in [2.24, 2.45) is 0 Å². The summed E-state index contributed by atoms with van der Waals surface area (Å²) in [5, 5.41) is 3.22. The van der Waals surface area contributed by atoms with Crippen LogP contribution in [0.1, 0.15) is 11.3 Å². The summed E-state index contributed by atoms with van der Waals surface area (Å²) >= 11 is 0. The van der Waals surface area contributed by atoms with Crippen molar-refractivity contribution in [3.05, 3.63) is 29.6 Å². The molecule has 0 saturated carbocycles. The van der Waals surface area contributed by atoms with Gasteiger partial charge in [-0.25, -0.2) is 0 Å². The minimum Gasteiger partial charge on any atom is -0.312 e. The van der Waals surface area contributed by atoms with Gasteiger partial charge < -0.3 is 5.32 Å². The van der Waals surface area contributed by atoms with Crippen LogP contribution in [0.3, 0.4) is 0 Å². The van der Waals surface area contributed by atoms with Gasteiger partial charge in [0, 0.05) is 47.8 Å². The highest BCUT2D eigenvalue weighted by Crippen LogP contribution is 1.97. The molecule has 0 aliphatic carbocycles. The Morgan fingerprint density at radius 3 is 2.86 bits per heavy atom. The minimum absolute atomic E-state index is 0.705. The van der Waals surface area contributed by atoms with Crippen molar-refractivity contribution in [2.45, 2.75) is 13.5 Å². The van der Waals surface area contributed by atoms with E-state index in [1.54, 1.807) is 6.26 Å². The lowest BCUT2D eigenvalue weighted by Crippen LogP contribution is -2.19. The Morgan fingerprint density at radius 2 is 2.29 bits per heavy atom. The van der Waals surface area contributed by atoms with E-state index in [9.17, 15) is 4.21 Å². The van der Waals surface area contributed by atoms with Crippen LogP contribution in [-0.2, 0) is 17.3 Å². The van der Waals surface area contributed by atoms with Crippen LogP contribution in [0.5, 0.6) is 0 Å². The average molecular weight is 212 g/mol. The fourth-order valence-corrected chi connectivity index (χ4v) is 1.48. The molecule has 3 nitrogen and oxygen atoms in total. The third kappa shape index (κ3) is 4.48. The lowest BCUT2D eigenvalue weighted by molar-refractivity contribution is 0.676. The molecule has 0 fully saturated rings. The second-order valence-electron chi connectivity index (χ2n) is 3.26. The van der Waals surface area contributed by atoms with E-state index in [4.69, 9.17) is 0 Å². The zero-order chi connectivity index (χ0) is 10.4. The molecule has 1 atom stereocenters. The number of rotatable bonds is 5. The van der Waals surface area contributed by atoms with Gasteiger partial charge in [0.1, 0.15) is 0 Å². The van der Waals surface area contributed by atoms with Crippen LogP contribution in [0.2, 0.25) is 0 Å². The highest BCUT2D eigenvalue weighted by molar-refractivity contribution is 7.84. The van der Waals surface area contributed by atoms with Gasteiger partial charge in [0.05, 0.1) is 0 Å². The average Bonchev–Trinajstić information content (AvgIpc) is 2.15. The largest absolute Gasteiger partial charge is 0.312 e. The molecule has 4 heteroatoms. The van der Waals surface area contributed by atoms with E-state index in [1.807, 2.05) is 19.2 Å². The van der Waals surface area contributed by atoms with Crippen molar-refractivity contribution in [1.29, 1.82) is 0 Å². The van der Waals surface area contributed by atoms with Crippen LogP contribution in [0.15, 0.2) is 18.3 Å². The van der Waals surface area contributed by atoms with Gasteiger partial charge in [0.25, 0.3) is 0 Å². The Hall–Kier alpha value is -0.740. The van der Waals surface area contributed by atoms with E-state index in [-0.39, 0.29) is 0 Å². The quantitative estimate of drug-likeness (QED) is 0.736. The summed E-state index contributed by atoms with van der Waals surface area (Å²) < 4.78 is 10.8. The molecule has 1 aromatic rings. The number of nitrogens with zero attached hydrogens (tertiary/aromatic N) is 1. The number of aryl methyl sites for hydroxylation is 1. The number of hydrogen-bond donors (Lipinski definition) is 1. The second-order valence-corrected chi connectivity index (χ2v) is 4.82. The number of pyridine rings is 1. The van der Waals surface area contributed by atoms with E-state index in [0.29, 0.717) is 5.75 Å². The Morgan fingerprint density at radius 1 is 1.50 bits per heavy atom. The van der Waals surface area contributed by atoms with Crippen LogP contribution in [0.4, 0.5) is 0 Å². The lowest BCUT2D eigenvalue weighted by atomic mass is 10.2. The first-order valence-electron chi connectivity index (χ1n) is 4.61. The molecule has 0 bridgehead atoms. The van der Waals surface area contributed by atoms with Crippen molar-refractivity contribution >= 4 is 10.8 Å². The van der Waals surface area contributed by atoms with E-state index in [0.717, 1.165) is 24.3 Å². The number of hydrogen-bond acceptors (Lipinski definition) is 3. The Bertz CT molecular complexity index is 297. The molecular formula is C10H16N2OS. The monoisotopic (exact) mass is 212 g/mol. The molecule has 14 heavy (non-hydrogen) atoms. The first kappa shape index (κ1) is 11.3. The third-order valence-corrected chi connectivity index (χ3v) is 2.65. The van der Waals surface area contributed by atoms with Gasteiger partial charge in [-0.15, -0.1) is 0 Å². The summed E-state index contributed by atoms with van der Waals surface area (Å²) in [6.07, 6.45) is 3.58. The van der Waals surface area contributed by atoms with Gasteiger partial charge in [-0.05, 0) is 18.6 Å². The molecule has 1 heterocycles. The van der Waals surface area contributed by atoms with Crippen LogP contribution >= 0.6 is 0 Å². The molecule has 0 spiro atoms. The Labute approximate surface area is 87.4 Å². The Kier molecular flexibility index (Phi) is 4.76. The van der Waals surface area contributed by atoms with Crippen LogP contribution < -0.4 is 5.32 Å². The molecule has 78 valence electrons. The molecule has 0 amide bonds. The van der Waals surface area contributed by atoms with Crippen molar-refractivity contribution in [1.82, 2.24) is 10.3 Å². The van der Waals surface area contributed by atoms with Gasteiger partial charge >= 0.3 is 0 Å². The number of aromatic nitrogens is 1. The van der Waals surface area contributed by atoms with Crippen LogP contribution in [0, 0.1) is 6.92 Å². The summed E-state index contributed by atoms with van der Waals surface area (Å²) in [5.41, 5.74) is 2.20. The van der Waals surface area contributed by atoms with Crippen molar-refractivity contribution in [2.75, 3.05) is 18.6 Å². The van der Waals surface area contributed by atoms with Gasteiger partial charge in [0.15, 0.2) is 0 Å². The normalized spacial score (nSPS) is 12.7. The number of nitrogens with one attached hydrogen (secondary N) is 1. The maximum atomic E-state index is 10.8. The summed E-state index contributed by atoms with van der Waals surface area (Å²) in [4.78, 5) is 4.19. The van der Waals surface area contributed by atoms with Crippen molar-refractivity contribution < 1.29 is 4.21 Å². The predicted octanol–water partition coefficient (Wildman–Crippen LogP) is 0.858. The summed E-state index contributed by atoms with van der Waals surface area (Å²) in [7, 11) is -0.705. The fraction of sp³-hybridized carbons (Fsp3) is 0.500. The first-order valence-corrected chi connectivity index (χ1v) is 6.33. The highest BCUT2D eigenvalue weighted by Gasteiger charge is 1.94. The maximum absolute atomic E-state index is 10.8. The molecule has 1 aromatic heterocycles. The van der Waals surface area contributed by atoms with Crippen molar-refractivity contribution in [3.63, 3.8) is 0 Å². The van der Waals surface area contributed by atoms with Gasteiger partial charge in [-0.1, -0.05) is 6.07 Å². The first-order chi connectivity index (χ1) is 6.68.